The van der Waals surface area contributed by atoms with Crippen LogP contribution >= 0.6 is 0 Å². The molecule has 0 saturated heterocycles. The highest BCUT2D eigenvalue weighted by molar-refractivity contribution is 5.85. The molecule has 0 fully saturated rings. The quantitative estimate of drug-likeness (QED) is 0.742. The molecule has 0 bridgehead atoms. The minimum absolute atomic E-state index is 0.219. The van der Waals surface area contributed by atoms with Crippen molar-refractivity contribution >= 4 is 17.3 Å². The van der Waals surface area contributed by atoms with Gasteiger partial charge in [0.05, 0.1) is 0 Å². The number of nitrogen functional groups attached to an aromatic ring is 1. The smallest absolute Gasteiger partial charge is 0.240 e. The Kier molecular flexibility index (Phi) is 2.73. The Balaban J connectivity index is 2.36. The first kappa shape index (κ1) is 10.8. The Labute approximate surface area is 95.2 Å². The Hall–Kier alpha value is -1.71. The number of anilines is 2. The van der Waals surface area contributed by atoms with Gasteiger partial charge in [-0.25, -0.2) is 0 Å². The number of fused-ring (bicyclic) bond motifs is 1. The largest absolute Gasteiger partial charge is 0.398 e. The van der Waals surface area contributed by atoms with Gasteiger partial charge in [0.25, 0.3) is 0 Å². The van der Waals surface area contributed by atoms with Crippen LogP contribution in [0.25, 0.3) is 0 Å². The van der Waals surface area contributed by atoms with E-state index >= 15 is 0 Å². The summed E-state index contributed by atoms with van der Waals surface area (Å²) in [6.07, 6.45) is 1.62. The highest BCUT2D eigenvalue weighted by atomic mass is 16.1. The molecular formula is C12H17N3O. The molecule has 86 valence electrons. The van der Waals surface area contributed by atoms with Crippen molar-refractivity contribution in [1.29, 1.82) is 0 Å². The molecule has 1 amide bonds. The monoisotopic (exact) mass is 219 g/mol. The number of carbonyl (C=O) groups is 1. The fraction of sp³-hybridized carbons (Fsp3) is 0.417. The predicted octanol–water partition coefficient (Wildman–Crippen LogP) is 0.895. The van der Waals surface area contributed by atoms with Crippen LogP contribution in [0.2, 0.25) is 0 Å². The fourth-order valence-electron chi connectivity index (χ4n) is 2.39. The lowest BCUT2D eigenvalue weighted by Gasteiger charge is -2.26. The van der Waals surface area contributed by atoms with Crippen molar-refractivity contribution < 1.29 is 4.79 Å². The number of carbonyl (C=O) groups excluding carboxylic acids is 1. The van der Waals surface area contributed by atoms with Crippen molar-refractivity contribution in [2.75, 3.05) is 17.2 Å². The van der Waals surface area contributed by atoms with Gasteiger partial charge in [-0.05, 0) is 25.0 Å². The molecule has 1 atom stereocenters. The third-order valence-electron chi connectivity index (χ3n) is 3.19. The summed E-state index contributed by atoms with van der Waals surface area (Å²) in [6.45, 7) is 2.80. The third-order valence-corrected chi connectivity index (χ3v) is 3.19. The molecule has 2 rings (SSSR count). The predicted molar refractivity (Wildman–Crippen MR) is 65.2 cm³/mol. The van der Waals surface area contributed by atoms with Gasteiger partial charge >= 0.3 is 0 Å². The summed E-state index contributed by atoms with van der Waals surface area (Å²) in [4.78, 5) is 13.4. The van der Waals surface area contributed by atoms with E-state index in [0.717, 1.165) is 36.3 Å². The van der Waals surface area contributed by atoms with E-state index in [0.29, 0.717) is 0 Å². The first-order chi connectivity index (χ1) is 7.65. The fourth-order valence-corrected chi connectivity index (χ4v) is 2.39. The summed E-state index contributed by atoms with van der Waals surface area (Å²) in [7, 11) is 0. The van der Waals surface area contributed by atoms with E-state index in [-0.39, 0.29) is 11.9 Å². The van der Waals surface area contributed by atoms with Crippen molar-refractivity contribution in [2.24, 2.45) is 5.73 Å². The maximum Gasteiger partial charge on any atom is 0.240 e. The van der Waals surface area contributed by atoms with Gasteiger partial charge in [0.1, 0.15) is 6.04 Å². The summed E-state index contributed by atoms with van der Waals surface area (Å²) in [5, 5.41) is 0. The van der Waals surface area contributed by atoms with Crippen LogP contribution in [0.5, 0.6) is 0 Å². The average molecular weight is 219 g/mol. The number of rotatable bonds is 3. The SMILES string of the molecule is CCC(C(N)=O)N1CCc2c(N)cccc21. The molecule has 16 heavy (non-hydrogen) atoms. The van der Waals surface area contributed by atoms with Gasteiger partial charge in [0.15, 0.2) is 0 Å². The van der Waals surface area contributed by atoms with Gasteiger partial charge in [0.2, 0.25) is 5.91 Å². The van der Waals surface area contributed by atoms with E-state index in [4.69, 9.17) is 11.5 Å². The van der Waals surface area contributed by atoms with Gasteiger partial charge in [-0.1, -0.05) is 13.0 Å². The number of hydrogen-bond donors (Lipinski definition) is 2. The van der Waals surface area contributed by atoms with E-state index in [9.17, 15) is 4.79 Å². The number of nitrogens with zero attached hydrogens (tertiary/aromatic N) is 1. The van der Waals surface area contributed by atoms with Crippen molar-refractivity contribution in [2.45, 2.75) is 25.8 Å². The van der Waals surface area contributed by atoms with Gasteiger partial charge in [0, 0.05) is 23.5 Å². The van der Waals surface area contributed by atoms with Crippen LogP contribution in [-0.2, 0) is 11.2 Å². The molecule has 0 saturated carbocycles. The van der Waals surface area contributed by atoms with E-state index in [1.807, 2.05) is 25.1 Å². The van der Waals surface area contributed by atoms with Crippen LogP contribution in [-0.4, -0.2) is 18.5 Å². The Morgan fingerprint density at radius 2 is 2.31 bits per heavy atom. The van der Waals surface area contributed by atoms with Crippen LogP contribution in [0.15, 0.2) is 18.2 Å². The Morgan fingerprint density at radius 3 is 2.94 bits per heavy atom. The zero-order valence-corrected chi connectivity index (χ0v) is 9.44. The van der Waals surface area contributed by atoms with Gasteiger partial charge in [-0.2, -0.15) is 0 Å². The molecule has 0 radical (unpaired) electrons. The normalized spacial score (nSPS) is 15.9. The minimum atomic E-state index is -0.266. The van der Waals surface area contributed by atoms with Crippen LogP contribution in [0, 0.1) is 0 Å². The molecule has 0 aliphatic carbocycles. The molecule has 0 aromatic heterocycles. The van der Waals surface area contributed by atoms with Gasteiger partial charge < -0.3 is 16.4 Å². The number of primary amides is 1. The van der Waals surface area contributed by atoms with Crippen molar-refractivity contribution in [3.63, 3.8) is 0 Å². The van der Waals surface area contributed by atoms with Crippen molar-refractivity contribution in [1.82, 2.24) is 0 Å². The molecule has 4 heteroatoms. The summed E-state index contributed by atoms with van der Waals surface area (Å²) in [5.74, 6) is -0.266. The summed E-state index contributed by atoms with van der Waals surface area (Å²) in [6, 6.07) is 5.60. The summed E-state index contributed by atoms with van der Waals surface area (Å²) in [5.41, 5.74) is 14.3. The molecule has 1 unspecified atom stereocenters. The Morgan fingerprint density at radius 1 is 1.56 bits per heavy atom. The first-order valence-electron chi connectivity index (χ1n) is 5.58. The molecule has 1 aromatic rings. The molecule has 4 nitrogen and oxygen atoms in total. The third kappa shape index (κ3) is 1.60. The number of hydrogen-bond acceptors (Lipinski definition) is 3. The van der Waals surface area contributed by atoms with Crippen LogP contribution in [0.1, 0.15) is 18.9 Å². The topological polar surface area (TPSA) is 72.4 Å². The lowest BCUT2D eigenvalue weighted by Crippen LogP contribution is -2.43. The second kappa shape index (κ2) is 4.04. The van der Waals surface area contributed by atoms with Gasteiger partial charge in [-0.3, -0.25) is 4.79 Å². The molecule has 1 heterocycles. The standard InChI is InChI=1S/C12H17N3O/c1-2-10(12(14)16)15-7-6-8-9(13)4-3-5-11(8)15/h3-5,10H,2,6-7,13H2,1H3,(H2,14,16). The number of benzene rings is 1. The Bertz CT molecular complexity index is 417. The zero-order valence-electron chi connectivity index (χ0n) is 9.44. The highest BCUT2D eigenvalue weighted by Crippen LogP contribution is 2.33. The molecule has 1 aliphatic rings. The van der Waals surface area contributed by atoms with Crippen molar-refractivity contribution in [3.05, 3.63) is 23.8 Å². The number of nitrogens with two attached hydrogens (primary N) is 2. The van der Waals surface area contributed by atoms with Crippen molar-refractivity contribution in [3.8, 4) is 0 Å². The molecule has 4 N–H and O–H groups in total. The van der Waals surface area contributed by atoms with E-state index in [2.05, 4.69) is 4.90 Å². The first-order valence-corrected chi connectivity index (χ1v) is 5.58. The molecule has 0 spiro atoms. The molecule has 1 aliphatic heterocycles. The van der Waals surface area contributed by atoms with E-state index < -0.39 is 0 Å². The van der Waals surface area contributed by atoms with Crippen LogP contribution < -0.4 is 16.4 Å². The molecule has 1 aromatic carbocycles. The van der Waals surface area contributed by atoms with E-state index in [1.54, 1.807) is 0 Å². The average Bonchev–Trinajstić information content (AvgIpc) is 2.64. The number of amides is 1. The maximum absolute atomic E-state index is 11.4. The van der Waals surface area contributed by atoms with Gasteiger partial charge in [-0.15, -0.1) is 0 Å². The summed E-state index contributed by atoms with van der Waals surface area (Å²) >= 11 is 0. The highest BCUT2D eigenvalue weighted by Gasteiger charge is 2.29. The minimum Gasteiger partial charge on any atom is -0.398 e. The zero-order chi connectivity index (χ0) is 11.7. The van der Waals surface area contributed by atoms with Crippen LogP contribution in [0.4, 0.5) is 11.4 Å². The second-order valence-corrected chi connectivity index (χ2v) is 4.11. The molecular weight excluding hydrogens is 202 g/mol. The maximum atomic E-state index is 11.4. The van der Waals surface area contributed by atoms with Crippen LogP contribution in [0.3, 0.4) is 0 Å². The second-order valence-electron chi connectivity index (χ2n) is 4.11. The lowest BCUT2D eigenvalue weighted by molar-refractivity contribution is -0.119. The van der Waals surface area contributed by atoms with E-state index in [1.165, 1.54) is 0 Å². The lowest BCUT2D eigenvalue weighted by atomic mass is 10.1. The summed E-state index contributed by atoms with van der Waals surface area (Å²) < 4.78 is 0.